The first-order valence-corrected chi connectivity index (χ1v) is 12.4. The predicted octanol–water partition coefficient (Wildman–Crippen LogP) is 5.67. The molecule has 0 saturated heterocycles. The molecule has 1 aliphatic rings. The molecular weight excluding hydrogens is 424 g/mol. The second-order valence-electron chi connectivity index (χ2n) is 8.89. The van der Waals surface area contributed by atoms with Gasteiger partial charge in [0.15, 0.2) is 0 Å². The van der Waals surface area contributed by atoms with Crippen LogP contribution in [0.15, 0.2) is 66.1 Å². The van der Waals surface area contributed by atoms with Crippen molar-refractivity contribution in [3.8, 4) is 0 Å². The average molecular weight is 459 g/mol. The predicted molar refractivity (Wildman–Crippen MR) is 135 cm³/mol. The Hall–Kier alpha value is -3.41. The zero-order chi connectivity index (χ0) is 23.6. The van der Waals surface area contributed by atoms with E-state index in [-0.39, 0.29) is 5.91 Å². The van der Waals surface area contributed by atoms with Crippen LogP contribution in [0.5, 0.6) is 0 Å². The highest BCUT2D eigenvalue weighted by Crippen LogP contribution is 2.37. The summed E-state index contributed by atoms with van der Waals surface area (Å²) < 4.78 is 2.26. The molecule has 1 aliphatic carbocycles. The van der Waals surface area contributed by atoms with Crippen LogP contribution in [-0.2, 0) is 17.9 Å². The van der Waals surface area contributed by atoms with Crippen LogP contribution >= 0.6 is 0 Å². The van der Waals surface area contributed by atoms with Crippen molar-refractivity contribution in [1.82, 2.24) is 14.9 Å². The minimum absolute atomic E-state index is 0.0564. The fraction of sp³-hybridized carbons (Fsp3) is 0.393. The summed E-state index contributed by atoms with van der Waals surface area (Å²) in [6, 6.07) is 16.2. The lowest BCUT2D eigenvalue weighted by Gasteiger charge is -2.18. The Bertz CT molecular complexity index is 1070. The Morgan fingerprint density at radius 3 is 2.71 bits per heavy atom. The molecular formula is C28H34N4O2. The minimum Gasteiger partial charge on any atom is -0.396 e. The first-order chi connectivity index (χ1) is 16.8. The van der Waals surface area contributed by atoms with E-state index in [0.29, 0.717) is 25.6 Å². The number of pyridine rings is 1. The van der Waals surface area contributed by atoms with E-state index < -0.39 is 0 Å². The van der Waals surface area contributed by atoms with E-state index in [1.165, 1.54) is 18.4 Å². The third-order valence-electron chi connectivity index (χ3n) is 6.37. The van der Waals surface area contributed by atoms with Crippen molar-refractivity contribution < 1.29 is 9.63 Å². The third kappa shape index (κ3) is 6.13. The summed E-state index contributed by atoms with van der Waals surface area (Å²) >= 11 is 0. The molecule has 1 fully saturated rings. The van der Waals surface area contributed by atoms with Crippen molar-refractivity contribution in [2.24, 2.45) is 5.16 Å². The minimum atomic E-state index is -0.0564. The fourth-order valence-electron chi connectivity index (χ4n) is 4.59. The molecule has 178 valence electrons. The van der Waals surface area contributed by atoms with E-state index in [2.05, 4.69) is 51.2 Å². The van der Waals surface area contributed by atoms with Gasteiger partial charge in [-0.15, -0.1) is 0 Å². The quantitative estimate of drug-likeness (QED) is 0.229. The lowest BCUT2D eigenvalue weighted by Crippen LogP contribution is -2.24. The van der Waals surface area contributed by atoms with Crippen LogP contribution in [0.25, 0.3) is 0 Å². The molecule has 0 unspecified atom stereocenters. The molecule has 2 heterocycles. The van der Waals surface area contributed by atoms with Crippen LogP contribution in [0, 0.1) is 0 Å². The van der Waals surface area contributed by atoms with Crippen LogP contribution in [-0.4, -0.2) is 28.3 Å². The van der Waals surface area contributed by atoms with Crippen LogP contribution in [0.1, 0.15) is 84.2 Å². The van der Waals surface area contributed by atoms with Gasteiger partial charge in [-0.3, -0.25) is 9.78 Å². The van der Waals surface area contributed by atoms with Crippen LogP contribution in [0.2, 0.25) is 0 Å². The van der Waals surface area contributed by atoms with E-state index in [9.17, 15) is 4.79 Å². The summed E-state index contributed by atoms with van der Waals surface area (Å²) in [6.45, 7) is 3.87. The topological polar surface area (TPSA) is 68.5 Å². The number of nitrogens with zero attached hydrogens (tertiary/aromatic N) is 3. The van der Waals surface area contributed by atoms with Crippen molar-refractivity contribution in [2.75, 3.05) is 6.61 Å². The number of aromatic nitrogens is 2. The Balaban J connectivity index is 1.66. The molecule has 0 spiro atoms. The fourth-order valence-corrected chi connectivity index (χ4v) is 4.59. The van der Waals surface area contributed by atoms with E-state index in [1.54, 1.807) is 18.6 Å². The molecule has 1 saturated carbocycles. The molecule has 1 N–H and O–H groups in total. The second-order valence-corrected chi connectivity index (χ2v) is 8.89. The van der Waals surface area contributed by atoms with Crippen molar-refractivity contribution in [3.63, 3.8) is 0 Å². The number of benzene rings is 1. The van der Waals surface area contributed by atoms with Crippen LogP contribution < -0.4 is 5.32 Å². The van der Waals surface area contributed by atoms with Gasteiger partial charge in [-0.25, -0.2) is 0 Å². The summed E-state index contributed by atoms with van der Waals surface area (Å²) in [6.07, 6.45) is 11.9. The number of carbonyl (C=O) groups is 1. The van der Waals surface area contributed by atoms with Gasteiger partial charge in [0.1, 0.15) is 6.61 Å². The highest BCUT2D eigenvalue weighted by atomic mass is 16.6. The van der Waals surface area contributed by atoms with E-state index in [0.717, 1.165) is 48.2 Å². The van der Waals surface area contributed by atoms with E-state index in [4.69, 9.17) is 4.84 Å². The van der Waals surface area contributed by atoms with Gasteiger partial charge >= 0.3 is 0 Å². The highest BCUT2D eigenvalue weighted by molar-refractivity contribution is 5.98. The molecule has 1 aromatic carbocycles. The molecule has 2 aromatic heterocycles. The summed E-state index contributed by atoms with van der Waals surface area (Å²) in [5.41, 5.74) is 4.92. The molecule has 3 aromatic rings. The number of rotatable bonds is 11. The monoisotopic (exact) mass is 458 g/mol. The molecule has 0 bridgehead atoms. The van der Waals surface area contributed by atoms with Crippen molar-refractivity contribution in [2.45, 2.75) is 64.5 Å². The molecule has 0 atom stereocenters. The summed E-state index contributed by atoms with van der Waals surface area (Å²) in [5.74, 6) is 0.310. The maximum atomic E-state index is 13.4. The molecule has 0 radical (unpaired) electrons. The number of carbonyl (C=O) groups excluding carboxylic acids is 1. The molecule has 34 heavy (non-hydrogen) atoms. The Morgan fingerprint density at radius 2 is 1.97 bits per heavy atom. The van der Waals surface area contributed by atoms with Gasteiger partial charge in [-0.2, -0.15) is 0 Å². The van der Waals surface area contributed by atoms with Crippen molar-refractivity contribution in [3.05, 3.63) is 89.0 Å². The number of amides is 1. The first-order valence-electron chi connectivity index (χ1n) is 12.4. The lowest BCUT2D eigenvalue weighted by atomic mass is 9.99. The maximum absolute atomic E-state index is 13.4. The molecule has 4 rings (SSSR count). The molecule has 0 aliphatic heterocycles. The Labute approximate surface area is 202 Å². The van der Waals surface area contributed by atoms with Crippen molar-refractivity contribution in [1.29, 1.82) is 0 Å². The van der Waals surface area contributed by atoms with Gasteiger partial charge in [-0.05, 0) is 42.5 Å². The van der Waals surface area contributed by atoms with Gasteiger partial charge < -0.3 is 14.7 Å². The summed E-state index contributed by atoms with van der Waals surface area (Å²) in [5, 5.41) is 7.33. The smallest absolute Gasteiger partial charge is 0.253 e. The molecule has 6 heteroatoms. The third-order valence-corrected chi connectivity index (χ3v) is 6.37. The lowest BCUT2D eigenvalue weighted by molar-refractivity contribution is 0.0949. The zero-order valence-corrected chi connectivity index (χ0v) is 20.0. The highest BCUT2D eigenvalue weighted by Gasteiger charge is 2.28. The normalized spacial score (nSPS) is 14.0. The van der Waals surface area contributed by atoms with Gasteiger partial charge in [0.25, 0.3) is 5.91 Å². The van der Waals surface area contributed by atoms with Gasteiger partial charge in [-0.1, -0.05) is 67.7 Å². The Morgan fingerprint density at radius 1 is 1.18 bits per heavy atom. The number of nitrogens with one attached hydrogen (secondary N) is 1. The maximum Gasteiger partial charge on any atom is 0.253 e. The SMILES string of the molecule is CCCCO/N=C/c1cc(C(=O)NCc2cccnc2)c(C2CCCC2)n1Cc1ccccc1. The number of oxime groups is 1. The number of hydrogen-bond acceptors (Lipinski definition) is 4. The Kier molecular flexibility index (Phi) is 8.49. The molecule has 1 amide bonds. The average Bonchev–Trinajstić information content (AvgIpc) is 3.52. The summed E-state index contributed by atoms with van der Waals surface area (Å²) in [7, 11) is 0. The van der Waals surface area contributed by atoms with E-state index >= 15 is 0 Å². The number of unbranched alkanes of at least 4 members (excludes halogenated alkanes) is 1. The first kappa shape index (κ1) is 23.7. The van der Waals surface area contributed by atoms with Crippen LogP contribution in [0.4, 0.5) is 0 Å². The summed E-state index contributed by atoms with van der Waals surface area (Å²) in [4.78, 5) is 23.0. The number of hydrogen-bond donors (Lipinski definition) is 1. The van der Waals surface area contributed by atoms with E-state index in [1.807, 2.05) is 24.3 Å². The van der Waals surface area contributed by atoms with Gasteiger partial charge in [0.2, 0.25) is 0 Å². The van der Waals surface area contributed by atoms with Crippen molar-refractivity contribution >= 4 is 12.1 Å². The van der Waals surface area contributed by atoms with Crippen LogP contribution in [0.3, 0.4) is 0 Å². The largest absolute Gasteiger partial charge is 0.396 e. The zero-order valence-electron chi connectivity index (χ0n) is 20.0. The van der Waals surface area contributed by atoms with Gasteiger partial charge in [0, 0.05) is 37.1 Å². The second kappa shape index (κ2) is 12.2. The molecule has 6 nitrogen and oxygen atoms in total. The standard InChI is InChI=1S/C28H34N4O2/c1-2-3-16-34-31-20-25-17-26(28(33)30-19-23-12-9-15-29-18-23)27(24-13-7-8-14-24)32(25)21-22-10-5-4-6-11-22/h4-6,9-12,15,17-18,20,24H,2-3,7-8,13-14,16,19,21H2,1H3,(H,30,33)/b31-20+. The van der Waals surface area contributed by atoms with Gasteiger partial charge in [0.05, 0.1) is 17.5 Å².